The van der Waals surface area contributed by atoms with Crippen LogP contribution in [-0.4, -0.2) is 22.1 Å². The number of nitrogens with one attached hydrogen (secondary N) is 1. The lowest BCUT2D eigenvalue weighted by molar-refractivity contribution is -0.141. The molecule has 0 radical (unpaired) electrons. The van der Waals surface area contributed by atoms with Gasteiger partial charge < -0.3 is 10.4 Å². The smallest absolute Gasteiger partial charge is 0.433 e. The third kappa shape index (κ3) is 4.21. The molecule has 0 bridgehead atoms. The number of carboxylic acids is 1. The molecule has 0 saturated heterocycles. The summed E-state index contributed by atoms with van der Waals surface area (Å²) in [5.74, 6) is -1.09. The van der Waals surface area contributed by atoms with E-state index in [2.05, 4.69) is 10.3 Å². The summed E-state index contributed by atoms with van der Waals surface area (Å²) in [6.07, 6.45) is 1.39. The summed E-state index contributed by atoms with van der Waals surface area (Å²) in [4.78, 5) is 14.2. The number of aliphatic carboxylic acids is 1. The first-order chi connectivity index (χ1) is 9.86. The van der Waals surface area contributed by atoms with Crippen LogP contribution in [0.15, 0.2) is 18.2 Å². The van der Waals surface area contributed by atoms with Gasteiger partial charge in [0.2, 0.25) is 0 Å². The molecule has 2 N–H and O–H groups in total. The molecular formula is C14H15F3N2O2. The van der Waals surface area contributed by atoms with Crippen LogP contribution in [0.4, 0.5) is 19.0 Å². The molecule has 0 aromatic carbocycles. The van der Waals surface area contributed by atoms with E-state index >= 15 is 0 Å². The van der Waals surface area contributed by atoms with Crippen molar-refractivity contribution < 1.29 is 23.1 Å². The minimum atomic E-state index is -4.53. The number of anilines is 1. The highest BCUT2D eigenvalue weighted by Gasteiger charge is 2.33. The number of pyridine rings is 1. The van der Waals surface area contributed by atoms with E-state index in [9.17, 15) is 18.0 Å². The molecule has 1 saturated carbocycles. The topological polar surface area (TPSA) is 62.2 Å². The van der Waals surface area contributed by atoms with Crippen molar-refractivity contribution in [2.45, 2.75) is 37.9 Å². The van der Waals surface area contributed by atoms with Gasteiger partial charge >= 0.3 is 12.1 Å². The summed E-state index contributed by atoms with van der Waals surface area (Å²) >= 11 is 0. The largest absolute Gasteiger partial charge is 0.478 e. The summed E-state index contributed by atoms with van der Waals surface area (Å²) in [5, 5.41) is 11.6. The number of alkyl halides is 3. The van der Waals surface area contributed by atoms with Crippen molar-refractivity contribution in [1.29, 1.82) is 0 Å². The Bertz CT molecular complexity index is 550. The number of aromatic nitrogens is 1. The van der Waals surface area contributed by atoms with E-state index in [1.807, 2.05) is 0 Å². The van der Waals surface area contributed by atoms with Gasteiger partial charge in [-0.2, -0.15) is 13.2 Å². The molecule has 1 aromatic heterocycles. The van der Waals surface area contributed by atoms with Crippen LogP contribution in [0.2, 0.25) is 0 Å². The Hall–Kier alpha value is -2.05. The number of nitrogens with zero attached hydrogens (tertiary/aromatic N) is 1. The lowest BCUT2D eigenvalue weighted by Gasteiger charge is -2.16. The Labute approximate surface area is 119 Å². The van der Waals surface area contributed by atoms with Gasteiger partial charge in [0.05, 0.1) is 0 Å². The summed E-state index contributed by atoms with van der Waals surface area (Å²) in [6, 6.07) is 2.16. The first-order valence-corrected chi connectivity index (χ1v) is 6.62. The summed E-state index contributed by atoms with van der Waals surface area (Å²) in [5.41, 5.74) is -0.659. The quantitative estimate of drug-likeness (QED) is 0.835. The second kappa shape index (κ2) is 6.15. The number of carbonyl (C=O) groups is 1. The fourth-order valence-electron chi connectivity index (χ4n) is 2.30. The van der Waals surface area contributed by atoms with E-state index < -0.39 is 17.8 Å². The van der Waals surface area contributed by atoms with Crippen LogP contribution in [0.5, 0.6) is 0 Å². The zero-order chi connectivity index (χ0) is 15.5. The molecular weight excluding hydrogens is 285 g/mol. The van der Waals surface area contributed by atoms with Crippen LogP contribution in [0.25, 0.3) is 6.08 Å². The van der Waals surface area contributed by atoms with E-state index in [1.54, 1.807) is 0 Å². The third-order valence-electron chi connectivity index (χ3n) is 3.32. The number of carboxylic acid groups (broad SMARTS) is 1. The van der Waals surface area contributed by atoms with E-state index in [0.717, 1.165) is 37.8 Å². The van der Waals surface area contributed by atoms with Crippen LogP contribution >= 0.6 is 0 Å². The minimum absolute atomic E-state index is 0.0780. The zero-order valence-corrected chi connectivity index (χ0v) is 11.2. The van der Waals surface area contributed by atoms with Crippen LogP contribution in [-0.2, 0) is 11.0 Å². The fraction of sp³-hybridized carbons (Fsp3) is 0.429. The first-order valence-electron chi connectivity index (χ1n) is 6.62. The number of rotatable bonds is 4. The van der Waals surface area contributed by atoms with Gasteiger partial charge in [0.15, 0.2) is 0 Å². The normalized spacial score (nSPS) is 16.5. The third-order valence-corrected chi connectivity index (χ3v) is 3.32. The molecule has 7 heteroatoms. The van der Waals surface area contributed by atoms with Gasteiger partial charge in [-0.1, -0.05) is 12.8 Å². The van der Waals surface area contributed by atoms with Gasteiger partial charge in [-0.3, -0.25) is 0 Å². The standard InChI is InChI=1S/C14H15F3N2O2/c15-14(16,17)11-7-5-9(6-8-12(20)21)13(19-11)18-10-3-1-2-4-10/h5-8,10H,1-4H2,(H,18,19)(H,20,21). The molecule has 1 aliphatic carbocycles. The number of hydrogen-bond acceptors (Lipinski definition) is 3. The van der Waals surface area contributed by atoms with E-state index in [0.29, 0.717) is 5.56 Å². The maximum Gasteiger partial charge on any atom is 0.433 e. The Kier molecular flexibility index (Phi) is 4.50. The highest BCUT2D eigenvalue weighted by molar-refractivity contribution is 5.86. The number of halogens is 3. The Morgan fingerprint density at radius 3 is 2.57 bits per heavy atom. The van der Waals surface area contributed by atoms with Gasteiger partial charge in [0.1, 0.15) is 11.5 Å². The van der Waals surface area contributed by atoms with E-state index in [1.165, 1.54) is 12.1 Å². The maximum atomic E-state index is 12.7. The lowest BCUT2D eigenvalue weighted by atomic mass is 10.2. The number of hydrogen-bond donors (Lipinski definition) is 2. The van der Waals surface area contributed by atoms with E-state index in [-0.39, 0.29) is 11.9 Å². The monoisotopic (exact) mass is 300 g/mol. The van der Waals surface area contributed by atoms with Crippen LogP contribution < -0.4 is 5.32 Å². The van der Waals surface area contributed by atoms with Crippen molar-refractivity contribution in [1.82, 2.24) is 4.98 Å². The average Bonchev–Trinajstić information content (AvgIpc) is 2.88. The molecule has 0 aliphatic heterocycles. The molecule has 1 fully saturated rings. The van der Waals surface area contributed by atoms with Gasteiger partial charge in [0.25, 0.3) is 0 Å². The molecule has 0 amide bonds. The zero-order valence-electron chi connectivity index (χ0n) is 11.2. The van der Waals surface area contributed by atoms with Crippen molar-refractivity contribution in [3.8, 4) is 0 Å². The van der Waals surface area contributed by atoms with Crippen molar-refractivity contribution in [2.24, 2.45) is 0 Å². The Morgan fingerprint density at radius 1 is 1.33 bits per heavy atom. The first kappa shape index (κ1) is 15.3. The van der Waals surface area contributed by atoms with Crippen LogP contribution in [0.1, 0.15) is 36.9 Å². The molecule has 1 aromatic rings. The van der Waals surface area contributed by atoms with Crippen LogP contribution in [0.3, 0.4) is 0 Å². The predicted molar refractivity (Wildman–Crippen MR) is 71.8 cm³/mol. The molecule has 1 heterocycles. The summed E-state index contributed by atoms with van der Waals surface area (Å²) in [7, 11) is 0. The molecule has 2 rings (SSSR count). The van der Waals surface area contributed by atoms with Gasteiger partial charge in [0, 0.05) is 17.7 Å². The second-order valence-corrected chi connectivity index (χ2v) is 4.93. The summed E-state index contributed by atoms with van der Waals surface area (Å²) in [6.45, 7) is 0. The molecule has 0 unspecified atom stereocenters. The average molecular weight is 300 g/mol. The van der Waals surface area contributed by atoms with Crippen molar-refractivity contribution >= 4 is 17.9 Å². The maximum absolute atomic E-state index is 12.7. The van der Waals surface area contributed by atoms with Crippen molar-refractivity contribution in [2.75, 3.05) is 5.32 Å². The highest BCUT2D eigenvalue weighted by Crippen LogP contribution is 2.31. The molecule has 114 valence electrons. The SMILES string of the molecule is O=C(O)C=Cc1ccc(C(F)(F)F)nc1NC1CCCC1. The minimum Gasteiger partial charge on any atom is -0.478 e. The molecule has 1 aliphatic rings. The molecule has 4 nitrogen and oxygen atoms in total. The molecule has 21 heavy (non-hydrogen) atoms. The Morgan fingerprint density at radius 2 is 2.00 bits per heavy atom. The lowest BCUT2D eigenvalue weighted by Crippen LogP contribution is -2.18. The molecule has 0 atom stereocenters. The second-order valence-electron chi connectivity index (χ2n) is 4.93. The highest BCUT2D eigenvalue weighted by atomic mass is 19.4. The van der Waals surface area contributed by atoms with E-state index in [4.69, 9.17) is 5.11 Å². The molecule has 0 spiro atoms. The predicted octanol–water partition coefficient (Wildman–Crippen LogP) is 3.55. The van der Waals surface area contributed by atoms with Gasteiger partial charge in [-0.05, 0) is 31.1 Å². The summed E-state index contributed by atoms with van der Waals surface area (Å²) < 4.78 is 38.2. The van der Waals surface area contributed by atoms with Gasteiger partial charge in [-0.15, -0.1) is 0 Å². The van der Waals surface area contributed by atoms with Crippen molar-refractivity contribution in [3.63, 3.8) is 0 Å². The van der Waals surface area contributed by atoms with Crippen molar-refractivity contribution in [3.05, 3.63) is 29.5 Å². The van der Waals surface area contributed by atoms with Gasteiger partial charge in [-0.25, -0.2) is 9.78 Å². The van der Waals surface area contributed by atoms with Crippen LogP contribution in [0, 0.1) is 0 Å². The Balaban J connectivity index is 2.31. The fourth-order valence-corrected chi connectivity index (χ4v) is 2.30.